The molecule has 5 aromatic rings. The average Bonchev–Trinajstić information content (AvgIpc) is 3.33. The number of fused-ring (bicyclic) bond motifs is 2. The first-order valence-corrected chi connectivity index (χ1v) is 13.3. The summed E-state index contributed by atoms with van der Waals surface area (Å²) in [5.41, 5.74) is 6.31. The molecule has 3 heterocycles. The summed E-state index contributed by atoms with van der Waals surface area (Å²) in [6.45, 7) is 18.0. The second-order valence-electron chi connectivity index (χ2n) is 12.0. The molecule has 0 fully saturated rings. The van der Waals surface area contributed by atoms with E-state index in [9.17, 15) is 0 Å². The van der Waals surface area contributed by atoms with Crippen LogP contribution in [0.3, 0.4) is 0 Å². The SMILES string of the molecule is Cc1c(CC(C)(C)C)oc(-c2cc3ccnc(-c4cc(C(C)(C)C)c5ccccc5c4)c3s2)c1C. The van der Waals surface area contributed by atoms with Crippen LogP contribution in [0.5, 0.6) is 0 Å². The van der Waals surface area contributed by atoms with Crippen molar-refractivity contribution in [3.63, 3.8) is 0 Å². The molecule has 0 amide bonds. The molecule has 0 atom stereocenters. The number of hydrogen-bond acceptors (Lipinski definition) is 3. The van der Waals surface area contributed by atoms with Gasteiger partial charge in [0, 0.05) is 18.2 Å². The number of nitrogens with zero attached hydrogens (tertiary/aromatic N) is 1. The Morgan fingerprint density at radius 3 is 2.31 bits per heavy atom. The first-order valence-electron chi connectivity index (χ1n) is 12.4. The van der Waals surface area contributed by atoms with Gasteiger partial charge in [0.2, 0.25) is 0 Å². The van der Waals surface area contributed by atoms with Crippen LogP contribution in [-0.2, 0) is 11.8 Å². The number of rotatable bonds is 3. The van der Waals surface area contributed by atoms with Crippen LogP contribution in [0, 0.1) is 19.3 Å². The Hall–Kier alpha value is -2.91. The highest BCUT2D eigenvalue weighted by Gasteiger charge is 2.23. The van der Waals surface area contributed by atoms with Gasteiger partial charge >= 0.3 is 0 Å². The van der Waals surface area contributed by atoms with Gasteiger partial charge in [-0.3, -0.25) is 4.98 Å². The van der Waals surface area contributed by atoms with Crippen LogP contribution in [0.4, 0.5) is 0 Å². The molecule has 0 saturated heterocycles. The molecule has 5 rings (SSSR count). The lowest BCUT2D eigenvalue weighted by Crippen LogP contribution is -2.12. The van der Waals surface area contributed by atoms with E-state index in [1.807, 2.05) is 6.20 Å². The molecular formula is C32H35NOS. The molecule has 0 saturated carbocycles. The van der Waals surface area contributed by atoms with Crippen LogP contribution in [0.1, 0.15) is 64.0 Å². The molecule has 0 radical (unpaired) electrons. The van der Waals surface area contributed by atoms with Crippen LogP contribution in [0.25, 0.3) is 42.8 Å². The third-order valence-corrected chi connectivity index (χ3v) is 7.99. The summed E-state index contributed by atoms with van der Waals surface area (Å²) in [7, 11) is 0. The molecule has 180 valence electrons. The van der Waals surface area contributed by atoms with Gasteiger partial charge in [-0.15, -0.1) is 11.3 Å². The van der Waals surface area contributed by atoms with Crippen molar-refractivity contribution in [3.8, 4) is 21.9 Å². The Morgan fingerprint density at radius 1 is 0.857 bits per heavy atom. The van der Waals surface area contributed by atoms with E-state index in [2.05, 4.69) is 104 Å². The average molecular weight is 482 g/mol. The van der Waals surface area contributed by atoms with Gasteiger partial charge in [0.1, 0.15) is 11.5 Å². The van der Waals surface area contributed by atoms with Crippen molar-refractivity contribution in [1.82, 2.24) is 4.98 Å². The highest BCUT2D eigenvalue weighted by Crippen LogP contribution is 2.43. The number of pyridine rings is 1. The predicted octanol–water partition coefficient (Wildman–Crippen LogP) is 9.88. The molecule has 0 unspecified atom stereocenters. The second-order valence-corrected chi connectivity index (χ2v) is 13.1. The van der Waals surface area contributed by atoms with Gasteiger partial charge in [-0.2, -0.15) is 0 Å². The highest BCUT2D eigenvalue weighted by molar-refractivity contribution is 7.22. The van der Waals surface area contributed by atoms with E-state index in [0.29, 0.717) is 0 Å². The van der Waals surface area contributed by atoms with Crippen LogP contribution >= 0.6 is 11.3 Å². The summed E-state index contributed by atoms with van der Waals surface area (Å²) in [5, 5.41) is 3.79. The Bertz CT molecular complexity index is 1550. The quantitative estimate of drug-likeness (QED) is 0.256. The summed E-state index contributed by atoms with van der Waals surface area (Å²) in [6, 6.07) is 17.7. The lowest BCUT2D eigenvalue weighted by Gasteiger charge is -2.22. The summed E-state index contributed by atoms with van der Waals surface area (Å²) in [4.78, 5) is 6.06. The molecule has 35 heavy (non-hydrogen) atoms. The fraction of sp³-hybridized carbons (Fsp3) is 0.344. The zero-order valence-electron chi connectivity index (χ0n) is 22.2. The second kappa shape index (κ2) is 8.34. The molecular weight excluding hydrogens is 446 g/mol. The third kappa shape index (κ3) is 4.43. The smallest absolute Gasteiger partial charge is 0.147 e. The maximum Gasteiger partial charge on any atom is 0.147 e. The molecule has 3 aromatic heterocycles. The lowest BCUT2D eigenvalue weighted by molar-refractivity contribution is 0.364. The first kappa shape index (κ1) is 23.8. The summed E-state index contributed by atoms with van der Waals surface area (Å²) >= 11 is 1.79. The molecule has 0 spiro atoms. The Labute approximate surface area is 213 Å². The van der Waals surface area contributed by atoms with Crippen molar-refractivity contribution in [3.05, 3.63) is 77.2 Å². The van der Waals surface area contributed by atoms with Gasteiger partial charge in [-0.25, -0.2) is 0 Å². The minimum absolute atomic E-state index is 0.0381. The van der Waals surface area contributed by atoms with Gasteiger partial charge in [0.15, 0.2) is 0 Å². The lowest BCUT2D eigenvalue weighted by atomic mass is 9.82. The zero-order chi connectivity index (χ0) is 25.1. The van der Waals surface area contributed by atoms with Crippen molar-refractivity contribution in [1.29, 1.82) is 0 Å². The molecule has 3 heteroatoms. The largest absolute Gasteiger partial charge is 0.460 e. The van der Waals surface area contributed by atoms with Crippen molar-refractivity contribution >= 4 is 32.2 Å². The van der Waals surface area contributed by atoms with Crippen LogP contribution in [0.2, 0.25) is 0 Å². The number of furan rings is 1. The van der Waals surface area contributed by atoms with Gasteiger partial charge in [0.05, 0.1) is 15.3 Å². The van der Waals surface area contributed by atoms with E-state index in [1.54, 1.807) is 11.3 Å². The topological polar surface area (TPSA) is 26.0 Å². The number of benzene rings is 2. The molecule has 0 aliphatic rings. The van der Waals surface area contributed by atoms with Gasteiger partial charge < -0.3 is 4.42 Å². The van der Waals surface area contributed by atoms with Crippen molar-refractivity contribution in [2.75, 3.05) is 0 Å². The van der Waals surface area contributed by atoms with E-state index in [4.69, 9.17) is 9.40 Å². The maximum absolute atomic E-state index is 6.49. The molecule has 2 nitrogen and oxygen atoms in total. The van der Waals surface area contributed by atoms with Crippen LogP contribution in [-0.4, -0.2) is 4.98 Å². The van der Waals surface area contributed by atoms with Crippen molar-refractivity contribution < 1.29 is 4.42 Å². The number of aromatic nitrogens is 1. The summed E-state index contributed by atoms with van der Waals surface area (Å²) in [5.74, 6) is 2.10. The molecule has 0 aliphatic carbocycles. The van der Waals surface area contributed by atoms with Crippen molar-refractivity contribution in [2.45, 2.75) is 67.2 Å². The van der Waals surface area contributed by atoms with E-state index >= 15 is 0 Å². The van der Waals surface area contributed by atoms with Crippen LogP contribution in [0.15, 0.2) is 59.1 Å². The Morgan fingerprint density at radius 2 is 1.60 bits per heavy atom. The van der Waals surface area contributed by atoms with Crippen molar-refractivity contribution in [2.24, 2.45) is 5.41 Å². The normalized spacial score (nSPS) is 12.7. The van der Waals surface area contributed by atoms with E-state index in [-0.39, 0.29) is 10.8 Å². The van der Waals surface area contributed by atoms with Gasteiger partial charge in [-0.1, -0.05) is 65.8 Å². The monoisotopic (exact) mass is 481 g/mol. The predicted molar refractivity (Wildman–Crippen MR) is 152 cm³/mol. The molecule has 0 N–H and O–H groups in total. The number of hydrogen-bond donors (Lipinski definition) is 0. The van der Waals surface area contributed by atoms with Gasteiger partial charge in [-0.05, 0) is 81.8 Å². The fourth-order valence-corrected chi connectivity index (χ4v) is 6.10. The zero-order valence-corrected chi connectivity index (χ0v) is 23.0. The summed E-state index contributed by atoms with van der Waals surface area (Å²) in [6.07, 6.45) is 2.87. The highest BCUT2D eigenvalue weighted by atomic mass is 32.1. The Balaban J connectivity index is 1.68. The molecule has 0 bridgehead atoms. The van der Waals surface area contributed by atoms with Gasteiger partial charge in [0.25, 0.3) is 0 Å². The molecule has 0 aliphatic heterocycles. The molecule has 2 aromatic carbocycles. The fourth-order valence-electron chi connectivity index (χ4n) is 4.89. The standard InChI is InChI=1S/C32H35NOS/c1-19-20(2)29(34-26(19)18-31(3,4)5)27-17-22-13-14-33-28(30(22)35-27)23-15-21-11-9-10-12-24(21)25(16-23)32(6,7)8/h9-17H,18H2,1-8H3. The minimum Gasteiger partial charge on any atom is -0.460 e. The van der Waals surface area contributed by atoms with E-state index in [0.717, 1.165) is 23.6 Å². The summed E-state index contributed by atoms with van der Waals surface area (Å²) < 4.78 is 7.71. The first-order chi connectivity index (χ1) is 16.4. The maximum atomic E-state index is 6.49. The van der Waals surface area contributed by atoms with Crippen LogP contribution < -0.4 is 0 Å². The third-order valence-electron chi connectivity index (χ3n) is 6.84. The van der Waals surface area contributed by atoms with E-state index < -0.39 is 0 Å². The Kier molecular flexibility index (Phi) is 5.68. The number of thiophene rings is 1. The van der Waals surface area contributed by atoms with E-state index in [1.165, 1.54) is 48.0 Å². The minimum atomic E-state index is 0.0381.